The van der Waals surface area contributed by atoms with Gasteiger partial charge in [0.1, 0.15) is 5.52 Å². The Labute approximate surface area is 113 Å². The second-order valence-electron chi connectivity index (χ2n) is 4.24. The van der Waals surface area contributed by atoms with Gasteiger partial charge >= 0.3 is 5.97 Å². The zero-order chi connectivity index (χ0) is 13.6. The number of para-hydroxylation sites is 1. The number of fused-ring (bicyclic) bond motifs is 1. The Morgan fingerprint density at radius 3 is 2.74 bits per heavy atom. The van der Waals surface area contributed by atoms with Gasteiger partial charge in [0.25, 0.3) is 0 Å². The van der Waals surface area contributed by atoms with Gasteiger partial charge in [0, 0.05) is 0 Å². The van der Waals surface area contributed by atoms with E-state index in [-0.39, 0.29) is 5.56 Å². The fourth-order valence-corrected chi connectivity index (χ4v) is 2.93. The summed E-state index contributed by atoms with van der Waals surface area (Å²) in [7, 11) is 0. The van der Waals surface area contributed by atoms with Crippen LogP contribution in [-0.4, -0.2) is 26.0 Å². The first-order chi connectivity index (χ1) is 9.06. The third kappa shape index (κ3) is 1.90. The molecule has 2 N–H and O–H groups in total. The molecule has 6 heteroatoms. The Hall–Kier alpha value is -2.21. The lowest BCUT2D eigenvalue weighted by Gasteiger charge is -1.93. The molecule has 0 radical (unpaired) electrons. The predicted octanol–water partition coefficient (Wildman–Crippen LogP) is 3.00. The van der Waals surface area contributed by atoms with E-state index < -0.39 is 5.97 Å². The number of aromatic amines is 1. The summed E-state index contributed by atoms with van der Waals surface area (Å²) in [6, 6.07) is 5.08. The van der Waals surface area contributed by atoms with Gasteiger partial charge in [0.05, 0.1) is 26.7 Å². The average Bonchev–Trinajstić information content (AvgIpc) is 2.91. The number of aromatic carboxylic acids is 1. The van der Waals surface area contributed by atoms with E-state index in [2.05, 4.69) is 15.0 Å². The maximum absolute atomic E-state index is 11.2. The molecule has 0 fully saturated rings. The number of hydrogen-bond acceptors (Lipinski definition) is 4. The molecule has 1 aromatic carbocycles. The van der Waals surface area contributed by atoms with Crippen LogP contribution in [0.1, 0.15) is 21.1 Å². The molecule has 2 aromatic heterocycles. The summed E-state index contributed by atoms with van der Waals surface area (Å²) < 4.78 is 0. The molecule has 96 valence electrons. The van der Waals surface area contributed by atoms with Crippen LogP contribution < -0.4 is 0 Å². The molecule has 5 nitrogen and oxygen atoms in total. The van der Waals surface area contributed by atoms with E-state index in [0.717, 1.165) is 21.1 Å². The summed E-state index contributed by atoms with van der Waals surface area (Å²) in [6.45, 7) is 3.86. The van der Waals surface area contributed by atoms with Crippen molar-refractivity contribution in [2.45, 2.75) is 13.8 Å². The lowest BCUT2D eigenvalue weighted by molar-refractivity contribution is 0.0699. The maximum atomic E-state index is 11.2. The topological polar surface area (TPSA) is 78.9 Å². The average molecular weight is 273 g/mol. The number of carboxylic acids is 1. The Morgan fingerprint density at radius 2 is 2.11 bits per heavy atom. The quantitative estimate of drug-likeness (QED) is 0.752. The van der Waals surface area contributed by atoms with Crippen molar-refractivity contribution >= 4 is 28.3 Å². The summed E-state index contributed by atoms with van der Waals surface area (Å²) in [4.78, 5) is 24.0. The van der Waals surface area contributed by atoms with Gasteiger partial charge in [-0.3, -0.25) is 0 Å². The number of nitrogens with one attached hydrogen (secondary N) is 1. The third-order valence-corrected chi connectivity index (χ3v) is 3.94. The summed E-state index contributed by atoms with van der Waals surface area (Å²) in [6.07, 6.45) is 0. The van der Waals surface area contributed by atoms with Crippen molar-refractivity contribution in [1.82, 2.24) is 15.0 Å². The lowest BCUT2D eigenvalue weighted by atomic mass is 10.2. The van der Waals surface area contributed by atoms with Crippen LogP contribution in [0.25, 0.3) is 21.7 Å². The van der Waals surface area contributed by atoms with Gasteiger partial charge in [-0.1, -0.05) is 6.07 Å². The number of benzene rings is 1. The number of hydrogen-bond donors (Lipinski definition) is 2. The minimum atomic E-state index is -0.971. The van der Waals surface area contributed by atoms with E-state index in [4.69, 9.17) is 5.11 Å². The van der Waals surface area contributed by atoms with E-state index in [0.29, 0.717) is 11.3 Å². The van der Waals surface area contributed by atoms with E-state index in [1.807, 2.05) is 19.9 Å². The summed E-state index contributed by atoms with van der Waals surface area (Å²) >= 11 is 1.54. The van der Waals surface area contributed by atoms with Crippen molar-refractivity contribution in [2.24, 2.45) is 0 Å². The van der Waals surface area contributed by atoms with Gasteiger partial charge in [-0.2, -0.15) is 0 Å². The van der Waals surface area contributed by atoms with Crippen molar-refractivity contribution < 1.29 is 9.90 Å². The van der Waals surface area contributed by atoms with Gasteiger partial charge < -0.3 is 10.1 Å². The fourth-order valence-electron chi connectivity index (χ4n) is 2.06. The van der Waals surface area contributed by atoms with Gasteiger partial charge in [-0.05, 0) is 26.0 Å². The molecule has 0 amide bonds. The van der Waals surface area contributed by atoms with Crippen LogP contribution in [-0.2, 0) is 0 Å². The highest BCUT2D eigenvalue weighted by Crippen LogP contribution is 2.29. The number of carbonyl (C=O) groups is 1. The lowest BCUT2D eigenvalue weighted by Crippen LogP contribution is -1.96. The molecule has 0 spiro atoms. The molecule has 0 aliphatic rings. The van der Waals surface area contributed by atoms with Crippen LogP contribution in [0.3, 0.4) is 0 Å². The van der Waals surface area contributed by atoms with Crippen molar-refractivity contribution in [2.75, 3.05) is 0 Å². The SMILES string of the molecule is Cc1nc(C)c(-c2nc3c(C(=O)O)cccc3[nH]2)s1. The number of H-pyrrole nitrogens is 1. The number of thiazole rings is 1. The number of imidazole rings is 1. The standard InChI is InChI=1S/C13H11N3O2S/c1-6-11(19-7(2)14-6)12-15-9-5-3-4-8(13(17)18)10(9)16-12/h3-5H,1-2H3,(H,15,16)(H,17,18). The molecule has 3 rings (SSSR count). The molecule has 2 heterocycles. The number of aryl methyl sites for hydroxylation is 2. The number of carboxylic acid groups (broad SMARTS) is 1. The largest absolute Gasteiger partial charge is 0.478 e. The first-order valence-corrected chi connectivity index (χ1v) is 6.54. The Balaban J connectivity index is 2.25. The second-order valence-corrected chi connectivity index (χ2v) is 5.44. The van der Waals surface area contributed by atoms with Crippen molar-refractivity contribution in [1.29, 1.82) is 0 Å². The van der Waals surface area contributed by atoms with Crippen LogP contribution in [0.4, 0.5) is 0 Å². The molecule has 0 bridgehead atoms. The van der Waals surface area contributed by atoms with Crippen molar-refractivity contribution in [3.63, 3.8) is 0 Å². The first-order valence-electron chi connectivity index (χ1n) is 5.72. The Bertz CT molecular complexity index is 788. The minimum Gasteiger partial charge on any atom is -0.478 e. The predicted molar refractivity (Wildman–Crippen MR) is 73.6 cm³/mol. The van der Waals surface area contributed by atoms with Gasteiger partial charge in [0.15, 0.2) is 5.82 Å². The number of rotatable bonds is 2. The van der Waals surface area contributed by atoms with Gasteiger partial charge in [-0.15, -0.1) is 11.3 Å². The van der Waals surface area contributed by atoms with Gasteiger partial charge in [0.2, 0.25) is 0 Å². The number of aromatic nitrogens is 3. The minimum absolute atomic E-state index is 0.207. The molecular formula is C13H11N3O2S. The van der Waals surface area contributed by atoms with Crippen LogP contribution in [0, 0.1) is 13.8 Å². The van der Waals surface area contributed by atoms with Crippen LogP contribution in [0.2, 0.25) is 0 Å². The summed E-state index contributed by atoms with van der Waals surface area (Å²) in [5, 5.41) is 10.1. The highest BCUT2D eigenvalue weighted by molar-refractivity contribution is 7.15. The maximum Gasteiger partial charge on any atom is 0.337 e. The Morgan fingerprint density at radius 1 is 1.32 bits per heavy atom. The van der Waals surface area contributed by atoms with Crippen LogP contribution in [0.15, 0.2) is 18.2 Å². The zero-order valence-corrected chi connectivity index (χ0v) is 11.2. The van der Waals surface area contributed by atoms with Crippen LogP contribution >= 0.6 is 11.3 Å². The van der Waals surface area contributed by atoms with Crippen molar-refractivity contribution in [3.05, 3.63) is 34.5 Å². The molecule has 3 aromatic rings. The first kappa shape index (κ1) is 11.9. The normalized spacial score (nSPS) is 11.1. The zero-order valence-electron chi connectivity index (χ0n) is 10.4. The molecule has 0 aliphatic heterocycles. The molecule has 0 unspecified atom stereocenters. The smallest absolute Gasteiger partial charge is 0.337 e. The third-order valence-electron chi connectivity index (χ3n) is 2.86. The highest BCUT2D eigenvalue weighted by atomic mass is 32.1. The van der Waals surface area contributed by atoms with E-state index in [1.165, 1.54) is 0 Å². The molecule has 0 aliphatic carbocycles. The highest BCUT2D eigenvalue weighted by Gasteiger charge is 2.16. The van der Waals surface area contributed by atoms with Crippen LogP contribution in [0.5, 0.6) is 0 Å². The van der Waals surface area contributed by atoms with E-state index in [1.54, 1.807) is 23.5 Å². The fraction of sp³-hybridized carbons (Fsp3) is 0.154. The monoisotopic (exact) mass is 273 g/mol. The summed E-state index contributed by atoms with van der Waals surface area (Å²) in [5.41, 5.74) is 2.31. The molecule has 0 saturated carbocycles. The Kier molecular flexibility index (Phi) is 2.60. The van der Waals surface area contributed by atoms with E-state index in [9.17, 15) is 4.79 Å². The number of nitrogens with zero attached hydrogens (tertiary/aromatic N) is 2. The van der Waals surface area contributed by atoms with Crippen molar-refractivity contribution in [3.8, 4) is 10.7 Å². The second kappa shape index (κ2) is 4.17. The summed E-state index contributed by atoms with van der Waals surface area (Å²) in [5.74, 6) is -0.298. The molecule has 0 saturated heterocycles. The van der Waals surface area contributed by atoms with E-state index >= 15 is 0 Å². The molecule has 19 heavy (non-hydrogen) atoms. The molecule has 0 atom stereocenters. The van der Waals surface area contributed by atoms with Gasteiger partial charge in [-0.25, -0.2) is 14.8 Å². The molecular weight excluding hydrogens is 262 g/mol.